The Balaban J connectivity index is 2.03. The van der Waals surface area contributed by atoms with Crippen molar-refractivity contribution in [2.45, 2.75) is 0 Å². The van der Waals surface area contributed by atoms with E-state index in [9.17, 15) is 14.7 Å². The maximum atomic E-state index is 12.5. The number of hydrogen-bond acceptors (Lipinski definition) is 3. The van der Waals surface area contributed by atoms with Crippen LogP contribution in [0.15, 0.2) is 54.3 Å². The van der Waals surface area contributed by atoms with E-state index >= 15 is 0 Å². The molecule has 1 heterocycles. The molecule has 1 N–H and O–H groups in total. The quantitative estimate of drug-likeness (QED) is 0.849. The highest BCUT2D eigenvalue weighted by Gasteiger charge is 2.40. The van der Waals surface area contributed by atoms with Crippen molar-refractivity contribution in [2.24, 2.45) is 0 Å². The summed E-state index contributed by atoms with van der Waals surface area (Å²) in [5, 5.41) is 11.0. The van der Waals surface area contributed by atoms with Gasteiger partial charge in [-0.15, -0.1) is 0 Å². The third-order valence-corrected chi connectivity index (χ3v) is 3.78. The van der Waals surface area contributed by atoms with Gasteiger partial charge >= 0.3 is 5.91 Å². The van der Waals surface area contributed by atoms with E-state index in [1.807, 2.05) is 0 Å². The lowest BCUT2D eigenvalue weighted by atomic mass is 10.1. The second-order valence-corrected chi connectivity index (χ2v) is 5.53. The van der Waals surface area contributed by atoms with Crippen molar-refractivity contribution in [1.29, 1.82) is 0 Å². The second-order valence-electron chi connectivity index (χ2n) is 4.65. The molecule has 0 fully saturated rings. The lowest BCUT2D eigenvalue weighted by molar-refractivity contribution is -0.121. The fourth-order valence-electron chi connectivity index (χ4n) is 2.22. The van der Waals surface area contributed by atoms with Crippen molar-refractivity contribution >= 4 is 46.3 Å². The van der Waals surface area contributed by atoms with E-state index < -0.39 is 17.6 Å². The summed E-state index contributed by atoms with van der Waals surface area (Å²) in [5.74, 6) is -1.94. The summed E-state index contributed by atoms with van der Waals surface area (Å²) in [7, 11) is 0. The molecule has 0 saturated carbocycles. The number of rotatable bonds is 2. The number of carbonyl (C=O) groups excluding carboxylic acids is 2. The van der Waals surface area contributed by atoms with Gasteiger partial charge in [-0.2, -0.15) is 0 Å². The van der Waals surface area contributed by atoms with Crippen LogP contribution in [0, 0.1) is 0 Å². The van der Waals surface area contributed by atoms with Gasteiger partial charge in [0.05, 0.1) is 11.3 Å². The smallest absolute Gasteiger partial charge is 0.301 e. The Morgan fingerprint density at radius 2 is 1.27 bits per heavy atom. The van der Waals surface area contributed by atoms with Crippen LogP contribution >= 0.6 is 23.2 Å². The Hall–Kier alpha value is -2.30. The molecule has 2 aromatic carbocycles. The van der Waals surface area contributed by atoms with Crippen molar-refractivity contribution in [3.63, 3.8) is 0 Å². The zero-order valence-corrected chi connectivity index (χ0v) is 12.6. The van der Waals surface area contributed by atoms with Crippen LogP contribution < -0.4 is 4.90 Å². The molecule has 4 nitrogen and oxygen atoms in total. The summed E-state index contributed by atoms with van der Waals surface area (Å²) in [6.07, 6.45) is 0. The van der Waals surface area contributed by atoms with Crippen LogP contribution in [-0.4, -0.2) is 16.9 Å². The molecule has 1 aliphatic rings. The number of hydrogen-bond donors (Lipinski definition) is 1. The first-order valence-electron chi connectivity index (χ1n) is 6.32. The molecule has 2 aromatic rings. The number of aliphatic hydroxyl groups excluding tert-OH is 1. The first-order chi connectivity index (χ1) is 10.5. The second kappa shape index (κ2) is 5.48. The fourth-order valence-corrected chi connectivity index (χ4v) is 2.47. The number of amides is 2. The highest BCUT2D eigenvalue weighted by molar-refractivity contribution is 6.45. The lowest BCUT2D eigenvalue weighted by Gasteiger charge is -2.14. The summed E-state index contributed by atoms with van der Waals surface area (Å²) in [6.45, 7) is 0. The lowest BCUT2D eigenvalue weighted by Crippen LogP contribution is -2.31. The zero-order chi connectivity index (χ0) is 15.9. The monoisotopic (exact) mass is 333 g/mol. The van der Waals surface area contributed by atoms with E-state index in [0.717, 1.165) is 4.90 Å². The maximum Gasteiger partial charge on any atom is 0.301 e. The first kappa shape index (κ1) is 14.6. The first-order valence-corrected chi connectivity index (χ1v) is 7.08. The molecular formula is C16H9Cl2NO3. The predicted octanol–water partition coefficient (Wildman–Crippen LogP) is 3.84. The van der Waals surface area contributed by atoms with Crippen molar-refractivity contribution in [3.8, 4) is 0 Å². The number of nitrogens with zero attached hydrogens (tertiary/aromatic N) is 1. The van der Waals surface area contributed by atoms with Crippen LogP contribution in [0.1, 0.15) is 5.56 Å². The Kier molecular flexibility index (Phi) is 3.64. The molecule has 1 aliphatic heterocycles. The van der Waals surface area contributed by atoms with Crippen LogP contribution in [0.3, 0.4) is 0 Å². The van der Waals surface area contributed by atoms with Gasteiger partial charge in [-0.25, -0.2) is 4.90 Å². The molecule has 0 aliphatic carbocycles. The Labute approximate surface area is 136 Å². The fraction of sp³-hybridized carbons (Fsp3) is 0. The standard InChI is InChI=1S/C16H9Cl2NO3/c17-10-3-1-9(2-4-10)13-14(20)16(22)19(15(13)21)12-7-5-11(18)6-8-12/h1-8,20H. The van der Waals surface area contributed by atoms with Gasteiger partial charge in [0, 0.05) is 10.0 Å². The van der Waals surface area contributed by atoms with Gasteiger partial charge in [0.25, 0.3) is 5.91 Å². The van der Waals surface area contributed by atoms with E-state index in [-0.39, 0.29) is 5.57 Å². The topological polar surface area (TPSA) is 57.6 Å². The minimum absolute atomic E-state index is 0.0448. The van der Waals surface area contributed by atoms with E-state index in [0.29, 0.717) is 21.3 Å². The Morgan fingerprint density at radius 1 is 0.773 bits per heavy atom. The molecule has 0 radical (unpaired) electrons. The van der Waals surface area contributed by atoms with Crippen molar-refractivity contribution in [3.05, 3.63) is 69.9 Å². The molecule has 0 bridgehead atoms. The molecule has 6 heteroatoms. The summed E-state index contributed by atoms with van der Waals surface area (Å²) in [4.78, 5) is 25.6. The number of imide groups is 1. The van der Waals surface area contributed by atoms with Gasteiger partial charge in [-0.3, -0.25) is 9.59 Å². The summed E-state index contributed by atoms with van der Waals surface area (Å²) >= 11 is 11.6. The van der Waals surface area contributed by atoms with E-state index in [1.165, 1.54) is 12.1 Å². The Bertz CT molecular complexity index is 795. The zero-order valence-electron chi connectivity index (χ0n) is 11.1. The molecule has 22 heavy (non-hydrogen) atoms. The third kappa shape index (κ3) is 2.36. The van der Waals surface area contributed by atoms with Gasteiger partial charge < -0.3 is 5.11 Å². The number of benzene rings is 2. The maximum absolute atomic E-state index is 12.5. The molecule has 0 unspecified atom stereocenters. The largest absolute Gasteiger partial charge is 0.502 e. The highest BCUT2D eigenvalue weighted by atomic mass is 35.5. The van der Waals surface area contributed by atoms with E-state index in [4.69, 9.17) is 23.2 Å². The van der Waals surface area contributed by atoms with Crippen LogP contribution in [0.25, 0.3) is 5.57 Å². The van der Waals surface area contributed by atoms with Crippen LogP contribution in [0.4, 0.5) is 5.69 Å². The van der Waals surface area contributed by atoms with Crippen LogP contribution in [0.5, 0.6) is 0 Å². The van der Waals surface area contributed by atoms with Crippen molar-refractivity contribution in [1.82, 2.24) is 0 Å². The van der Waals surface area contributed by atoms with Gasteiger partial charge in [-0.05, 0) is 42.0 Å². The van der Waals surface area contributed by atoms with Crippen molar-refractivity contribution in [2.75, 3.05) is 4.90 Å². The SMILES string of the molecule is O=C1C(O)=C(c2ccc(Cl)cc2)C(=O)N1c1ccc(Cl)cc1. The molecule has 0 atom stereocenters. The molecule has 110 valence electrons. The van der Waals surface area contributed by atoms with Gasteiger partial charge in [0.15, 0.2) is 5.76 Å². The predicted molar refractivity (Wildman–Crippen MR) is 84.9 cm³/mol. The molecule has 0 saturated heterocycles. The number of carbonyl (C=O) groups is 2. The normalized spacial score (nSPS) is 14.9. The number of halogens is 2. The van der Waals surface area contributed by atoms with Gasteiger partial charge in [-0.1, -0.05) is 35.3 Å². The summed E-state index contributed by atoms with van der Waals surface area (Å²) in [5.41, 5.74) is 0.725. The number of aliphatic hydroxyl groups is 1. The minimum Gasteiger partial charge on any atom is -0.502 e. The van der Waals surface area contributed by atoms with Gasteiger partial charge in [0.2, 0.25) is 0 Å². The molecule has 0 spiro atoms. The molecule has 3 rings (SSSR count). The van der Waals surface area contributed by atoms with Gasteiger partial charge in [0.1, 0.15) is 0 Å². The van der Waals surface area contributed by atoms with Crippen LogP contribution in [-0.2, 0) is 9.59 Å². The summed E-state index contributed by atoms with van der Waals surface area (Å²) < 4.78 is 0. The average molecular weight is 334 g/mol. The van der Waals surface area contributed by atoms with E-state index in [2.05, 4.69) is 0 Å². The molecule has 0 aromatic heterocycles. The van der Waals surface area contributed by atoms with E-state index in [1.54, 1.807) is 36.4 Å². The molecule has 2 amide bonds. The Morgan fingerprint density at radius 3 is 1.82 bits per heavy atom. The summed E-state index contributed by atoms with van der Waals surface area (Å²) in [6, 6.07) is 12.5. The van der Waals surface area contributed by atoms with Crippen molar-refractivity contribution < 1.29 is 14.7 Å². The average Bonchev–Trinajstić information content (AvgIpc) is 2.72. The third-order valence-electron chi connectivity index (χ3n) is 3.28. The molecular weight excluding hydrogens is 325 g/mol. The van der Waals surface area contributed by atoms with Crippen LogP contribution in [0.2, 0.25) is 10.0 Å². The minimum atomic E-state index is -0.766. The number of anilines is 1. The highest BCUT2D eigenvalue weighted by Crippen LogP contribution is 2.32.